The van der Waals surface area contributed by atoms with Crippen LogP contribution in [0.3, 0.4) is 0 Å². The van der Waals surface area contributed by atoms with E-state index in [2.05, 4.69) is 25.8 Å². The van der Waals surface area contributed by atoms with Gasteiger partial charge in [0.1, 0.15) is 51.8 Å². The number of methoxy groups -OCH3 is 1. The molecule has 2 aromatic heterocycles. The Kier molecular flexibility index (Phi) is 28.6. The maximum Gasteiger partial charge on any atom is 0.409 e. The number of alkyl carbamates (subject to hydrolysis) is 1. The molecule has 100 heavy (non-hydrogen) atoms. The van der Waals surface area contributed by atoms with Crippen LogP contribution in [-0.2, 0) is 54.0 Å². The quantitative estimate of drug-likeness (QED) is 0.00939. The minimum atomic E-state index is -1.60. The van der Waals surface area contributed by atoms with Crippen molar-refractivity contribution in [2.24, 2.45) is 11.7 Å². The van der Waals surface area contributed by atoms with Gasteiger partial charge in [-0.1, -0.05) is 81.6 Å². The van der Waals surface area contributed by atoms with Crippen molar-refractivity contribution in [3.05, 3.63) is 106 Å². The summed E-state index contributed by atoms with van der Waals surface area (Å²) in [5.74, 6) is 1.08. The van der Waals surface area contributed by atoms with E-state index in [0.29, 0.717) is 130 Å². The zero-order chi connectivity index (χ0) is 71.7. The maximum absolute atomic E-state index is 14.9. The van der Waals surface area contributed by atoms with Crippen molar-refractivity contribution >= 4 is 96.8 Å². The summed E-state index contributed by atoms with van der Waals surface area (Å²) in [6, 6.07) is 13.3. The fraction of sp³-hybridized carbons (Fsp3) is 0.549. The number of halogens is 3. The van der Waals surface area contributed by atoms with Gasteiger partial charge in [-0.25, -0.2) is 19.2 Å². The van der Waals surface area contributed by atoms with E-state index < -0.39 is 59.9 Å². The number of aliphatic hydroxyl groups excluding tert-OH is 1. The number of pyridine rings is 1. The maximum atomic E-state index is 14.9. The summed E-state index contributed by atoms with van der Waals surface area (Å²) in [6.45, 7) is 14.0. The molecule has 6 heterocycles. The van der Waals surface area contributed by atoms with E-state index in [0.717, 1.165) is 51.8 Å². The number of anilines is 3. The van der Waals surface area contributed by atoms with Crippen LogP contribution in [0.15, 0.2) is 78.5 Å². The highest BCUT2D eigenvalue weighted by Gasteiger charge is 2.63. The lowest BCUT2D eigenvalue weighted by Gasteiger charge is -2.39. The summed E-state index contributed by atoms with van der Waals surface area (Å²) >= 11 is 13.2. The smallest absolute Gasteiger partial charge is 0.409 e. The number of aliphatic hydroxyl groups is 2. The zero-order valence-corrected chi connectivity index (χ0v) is 61.2. The number of allylic oxidation sites excluding steroid dienone is 3. The van der Waals surface area contributed by atoms with E-state index in [1.165, 1.54) is 39.8 Å². The molecule has 8 atom stereocenters. The molecule has 3 aromatic carbocycles. The predicted octanol–water partition coefficient (Wildman–Crippen LogP) is 9.77. The van der Waals surface area contributed by atoms with Gasteiger partial charge in [-0.15, -0.1) is 0 Å². The number of aromatic nitrogens is 3. The number of nitrogens with two attached hydrogens (primary N) is 1. The number of H-pyrrole nitrogens is 1. The molecular weight excluding hydrogens is 1370 g/mol. The van der Waals surface area contributed by atoms with Crippen molar-refractivity contribution in [3.63, 3.8) is 0 Å². The van der Waals surface area contributed by atoms with Gasteiger partial charge in [0.15, 0.2) is 6.29 Å². The molecule has 24 nitrogen and oxygen atoms in total. The number of carbonyl (C=O) groups excluding carboxylic acids is 4. The first-order chi connectivity index (χ1) is 47.9. The van der Waals surface area contributed by atoms with Crippen molar-refractivity contribution in [1.82, 2.24) is 30.5 Å². The topological polar surface area (TPSA) is 299 Å². The number of benzene rings is 3. The normalized spacial score (nSPS) is 22.8. The monoisotopic (exact) mass is 1460 g/mol. The Labute approximate surface area is 602 Å². The number of nitrogens with zero attached hydrogens (tertiary/aromatic N) is 5. The number of hydrogen-bond acceptors (Lipinski definition) is 21. The van der Waals surface area contributed by atoms with Gasteiger partial charge in [-0.2, -0.15) is 0 Å². The number of carbonyl (C=O) groups is 4. The van der Waals surface area contributed by atoms with Crippen molar-refractivity contribution in [2.45, 2.75) is 134 Å². The van der Waals surface area contributed by atoms with Crippen LogP contribution in [-0.4, -0.2) is 214 Å². The number of likely N-dealkylation sites (N-methyl/N-ethyl adjacent to an activating group) is 1. The molecule has 0 spiro atoms. The number of epoxide rings is 1. The molecule has 546 valence electrons. The number of aromatic amines is 1. The molecular formula is C71H95Cl2FN10O14S2. The van der Waals surface area contributed by atoms with Crippen LogP contribution in [0.5, 0.6) is 5.75 Å². The number of hydrogen-bond donors (Lipinski definition) is 7. The van der Waals surface area contributed by atoms with Crippen LogP contribution >= 0.6 is 44.8 Å². The summed E-state index contributed by atoms with van der Waals surface area (Å²) in [4.78, 5) is 72.0. The molecule has 5 aromatic rings. The standard InChI is InChI=1S/C71H95Cl2FN10O14S2/c1-43-11-9-10-18-71(90)41-57(96-69(89)81-71)45(3)65-70(5,98-65)58(40-61(87)83(7)55-36-47(33-43)37-56(91-8)63(55)73)97-68(88)46(4)82(6)60(86)17-31-99-100-32-30-95-29-28-94-27-26-93-25-24-92-23-16-59(85)76-19-20-77-66-62(67-79-53-13-12-49(72)39-54(53)80-67)64(84-21-14-51(75)15-22-84)52(42-78-66)48-34-44(2)35-50(74)38-48/h9-13,34-39,42,45-46,51,57-58,65,68,88,90H,14-33,40-41,75H2,1-8H3,(H,76,85)(H,77,78)(H,79,80)(H,81,89)/b10-9+,43-11+/t45-,46+,57?,58-,65?,68?,70?,71+/m0/s1. The summed E-state index contributed by atoms with van der Waals surface area (Å²) in [7, 11) is 7.81. The minimum Gasteiger partial charge on any atom is -0.495 e. The highest BCUT2D eigenvalue weighted by molar-refractivity contribution is 8.76. The van der Waals surface area contributed by atoms with E-state index in [4.69, 9.17) is 76.8 Å². The number of imidazole rings is 1. The van der Waals surface area contributed by atoms with Crippen LogP contribution in [0.4, 0.5) is 26.4 Å². The number of amides is 4. The van der Waals surface area contributed by atoms with Gasteiger partial charge in [0.2, 0.25) is 17.7 Å². The molecule has 29 heteroatoms. The van der Waals surface area contributed by atoms with Gasteiger partial charge in [0.05, 0.1) is 107 Å². The molecule has 8 N–H and O–H groups in total. The zero-order valence-electron chi connectivity index (χ0n) is 58.1. The van der Waals surface area contributed by atoms with Crippen LogP contribution in [0.2, 0.25) is 10.0 Å². The van der Waals surface area contributed by atoms with Crippen molar-refractivity contribution in [2.75, 3.05) is 127 Å². The summed E-state index contributed by atoms with van der Waals surface area (Å²) in [5, 5.41) is 33.0. The number of rotatable bonds is 31. The third-order valence-corrected chi connectivity index (χ3v) is 21.3. The van der Waals surface area contributed by atoms with Crippen molar-refractivity contribution in [1.29, 1.82) is 0 Å². The molecule has 9 rings (SSSR count). The number of aryl methyl sites for hydroxylation is 1. The molecule has 3 saturated heterocycles. The first kappa shape index (κ1) is 77.8. The third kappa shape index (κ3) is 21.2. The number of nitrogens with one attached hydrogen (secondary N) is 4. The second kappa shape index (κ2) is 36.7. The summed E-state index contributed by atoms with van der Waals surface area (Å²) < 4.78 is 61.7. The van der Waals surface area contributed by atoms with Gasteiger partial charge < -0.3 is 84.2 Å². The Hall–Kier alpha value is -6.31. The van der Waals surface area contributed by atoms with E-state index in [1.54, 1.807) is 57.1 Å². The molecule has 4 aliphatic rings. The third-order valence-electron chi connectivity index (χ3n) is 18.4. The Morgan fingerprint density at radius 1 is 0.960 bits per heavy atom. The molecule has 4 bridgehead atoms. The molecule has 4 unspecified atom stereocenters. The molecule has 4 amide bonds. The average Bonchev–Trinajstić information content (AvgIpc) is 1.55. The van der Waals surface area contributed by atoms with E-state index in [-0.39, 0.29) is 67.4 Å². The molecule has 4 aliphatic heterocycles. The first-order valence-corrected chi connectivity index (χ1v) is 37.1. The van der Waals surface area contributed by atoms with Gasteiger partial charge in [-0.3, -0.25) is 19.7 Å². The van der Waals surface area contributed by atoms with Gasteiger partial charge in [-0.05, 0) is 106 Å². The Morgan fingerprint density at radius 3 is 2.39 bits per heavy atom. The van der Waals surface area contributed by atoms with E-state index in [9.17, 15) is 33.8 Å². The van der Waals surface area contributed by atoms with Crippen LogP contribution in [0.1, 0.15) is 83.8 Å². The number of ether oxygens (including phenoxy) is 8. The molecule has 3 fully saturated rings. The lowest BCUT2D eigenvalue weighted by atomic mass is 9.84. The fourth-order valence-electron chi connectivity index (χ4n) is 12.5. The number of piperidine rings is 1. The fourth-order valence-corrected chi connectivity index (χ4v) is 14.8. The lowest BCUT2D eigenvalue weighted by Crippen LogP contribution is -2.57. The Bertz CT molecular complexity index is 3660. The SMILES string of the molecule is COc1cc2cc(c1Cl)N(C)C(=O)C[C@H](OC(O)[C@@H](C)N(C)C(=O)CCSSCCOCCOCCOCCOCCC(=O)NCCNc1ncc(-c3cc(C)cc(F)c3)c(N3CCC(N)CC3)c1-c1nc3ccc(Cl)cc3[nH]1)C1(C)OC1[C@@H](C)C1C[C@](O)(C/C=C/C=C(\C)C2)NC(=O)O1. The van der Waals surface area contributed by atoms with Crippen LogP contribution in [0, 0.1) is 18.7 Å². The largest absolute Gasteiger partial charge is 0.495 e. The highest BCUT2D eigenvalue weighted by atomic mass is 35.5. The van der Waals surface area contributed by atoms with Gasteiger partial charge in [0.25, 0.3) is 0 Å². The summed E-state index contributed by atoms with van der Waals surface area (Å²) in [5.41, 5.74) is 11.1. The van der Waals surface area contributed by atoms with E-state index in [1.807, 2.05) is 63.3 Å². The predicted molar refractivity (Wildman–Crippen MR) is 389 cm³/mol. The van der Waals surface area contributed by atoms with Gasteiger partial charge in [0, 0.05) is 106 Å². The van der Waals surface area contributed by atoms with Crippen LogP contribution in [0.25, 0.3) is 33.5 Å². The molecule has 0 radical (unpaired) electrons. The Morgan fingerprint density at radius 2 is 1.67 bits per heavy atom. The highest BCUT2D eigenvalue weighted by Crippen LogP contribution is 2.50. The second-order valence-electron chi connectivity index (χ2n) is 26.0. The van der Waals surface area contributed by atoms with Crippen molar-refractivity contribution in [3.8, 4) is 28.3 Å². The van der Waals surface area contributed by atoms with E-state index >= 15 is 0 Å². The minimum absolute atomic E-state index is 0.0626. The molecule has 0 aliphatic carbocycles. The van der Waals surface area contributed by atoms with Crippen molar-refractivity contribution < 1.29 is 71.7 Å². The number of fused-ring (bicyclic) bond motifs is 6. The molecule has 0 saturated carbocycles. The van der Waals surface area contributed by atoms with Crippen LogP contribution < -0.4 is 36.2 Å². The average molecular weight is 1470 g/mol. The second-order valence-corrected chi connectivity index (χ2v) is 29.5. The lowest BCUT2D eigenvalue weighted by molar-refractivity contribution is -0.186. The summed E-state index contributed by atoms with van der Waals surface area (Å²) in [6.07, 6.45) is 4.83. The van der Waals surface area contributed by atoms with Gasteiger partial charge >= 0.3 is 6.09 Å². The Balaban J connectivity index is 0.634. The first-order valence-electron chi connectivity index (χ1n) is 33.9.